The molecule has 0 radical (unpaired) electrons. The fourth-order valence-corrected chi connectivity index (χ4v) is 5.57. The summed E-state index contributed by atoms with van der Waals surface area (Å²) in [5.74, 6) is -0.726. The summed E-state index contributed by atoms with van der Waals surface area (Å²) >= 11 is 0. The lowest BCUT2D eigenvalue weighted by molar-refractivity contribution is -0.0914. The molecule has 2 aliphatic rings. The molecule has 1 aliphatic heterocycles. The molecule has 0 bridgehead atoms. The fraction of sp³-hybridized carbons (Fsp3) is 0.323. The predicted octanol–water partition coefficient (Wildman–Crippen LogP) is 5.51. The van der Waals surface area contributed by atoms with Crippen molar-refractivity contribution in [2.24, 2.45) is 10.3 Å². The Kier molecular flexibility index (Phi) is 8.18. The van der Waals surface area contributed by atoms with Crippen LogP contribution in [-0.4, -0.2) is 34.1 Å². The second kappa shape index (κ2) is 12.5. The molecule has 4 aromatic rings. The predicted molar refractivity (Wildman–Crippen MR) is 157 cm³/mol. The Bertz CT molecular complexity index is 1710. The van der Waals surface area contributed by atoms with Gasteiger partial charge in [-0.15, -0.1) is 5.11 Å². The van der Waals surface area contributed by atoms with E-state index in [0.717, 1.165) is 54.4 Å². The number of aromatic amines is 1. The number of para-hydroxylation sites is 1. The highest BCUT2D eigenvalue weighted by Crippen LogP contribution is 2.30. The van der Waals surface area contributed by atoms with Crippen molar-refractivity contribution in [1.29, 1.82) is 0 Å². The van der Waals surface area contributed by atoms with E-state index in [2.05, 4.69) is 26.3 Å². The normalized spacial score (nSPS) is 17.4. The summed E-state index contributed by atoms with van der Waals surface area (Å²) in [4.78, 5) is 41.2. The molecule has 1 saturated carbocycles. The molecule has 1 unspecified atom stereocenters. The average molecular weight is 585 g/mol. The molecular formula is C31H32N6O6. The highest BCUT2D eigenvalue weighted by atomic mass is 16.8. The van der Waals surface area contributed by atoms with Crippen molar-refractivity contribution in [2.75, 3.05) is 0 Å². The van der Waals surface area contributed by atoms with Gasteiger partial charge in [0.1, 0.15) is 6.10 Å². The van der Waals surface area contributed by atoms with E-state index in [9.17, 15) is 14.4 Å². The molecule has 2 heterocycles. The van der Waals surface area contributed by atoms with E-state index in [0.29, 0.717) is 11.0 Å². The molecule has 1 aromatic heterocycles. The number of hydrogen-bond acceptors (Lipinski definition) is 10. The largest absolute Gasteiger partial charge is 0.511 e. The monoisotopic (exact) mass is 584 g/mol. The van der Waals surface area contributed by atoms with Crippen LogP contribution < -0.4 is 16.7 Å². The Morgan fingerprint density at radius 3 is 2.53 bits per heavy atom. The highest BCUT2D eigenvalue weighted by Gasteiger charge is 2.24. The first-order valence-electron chi connectivity index (χ1n) is 14.3. The highest BCUT2D eigenvalue weighted by molar-refractivity contribution is 6.02. The van der Waals surface area contributed by atoms with Crippen LogP contribution in [-0.2, 0) is 20.8 Å². The van der Waals surface area contributed by atoms with Gasteiger partial charge in [-0.25, -0.2) is 19.9 Å². The van der Waals surface area contributed by atoms with Crippen molar-refractivity contribution in [3.8, 4) is 11.1 Å². The molecule has 1 aliphatic carbocycles. The van der Waals surface area contributed by atoms with Crippen LogP contribution in [0.3, 0.4) is 0 Å². The Labute approximate surface area is 247 Å². The van der Waals surface area contributed by atoms with Gasteiger partial charge < -0.3 is 19.2 Å². The van der Waals surface area contributed by atoms with Crippen LogP contribution in [0.15, 0.2) is 81.9 Å². The number of fused-ring (bicyclic) bond motifs is 1. The molecule has 0 spiro atoms. The number of nitrogens with one attached hydrogen (secondary N) is 3. The first-order chi connectivity index (χ1) is 21.0. The van der Waals surface area contributed by atoms with Crippen LogP contribution >= 0.6 is 0 Å². The second-order valence-corrected chi connectivity index (χ2v) is 10.6. The molecule has 222 valence electrons. The van der Waals surface area contributed by atoms with Gasteiger partial charge in [-0.1, -0.05) is 66.2 Å². The first kappa shape index (κ1) is 28.2. The SMILES string of the molecule is C[C@@H](OC(=O)OC1CCCCC1)OC(=O)c1cccc2[nH]c(=O)n(Cc3ccc(-c4ccccc4C4N=NNN4)cc3)c12. The van der Waals surface area contributed by atoms with Gasteiger partial charge in [0.25, 0.3) is 0 Å². The van der Waals surface area contributed by atoms with Crippen LogP contribution in [0.5, 0.6) is 0 Å². The van der Waals surface area contributed by atoms with Crippen LogP contribution in [0.1, 0.15) is 66.7 Å². The van der Waals surface area contributed by atoms with Crippen molar-refractivity contribution >= 4 is 23.2 Å². The third kappa shape index (κ3) is 6.28. The topological polar surface area (TPSA) is 148 Å². The maximum atomic E-state index is 13.2. The first-order valence-corrected chi connectivity index (χ1v) is 14.3. The number of aromatic nitrogens is 2. The van der Waals surface area contributed by atoms with Gasteiger partial charge in [0, 0.05) is 12.5 Å². The smallest absolute Gasteiger partial charge is 0.431 e. The van der Waals surface area contributed by atoms with E-state index in [1.807, 2.05) is 48.5 Å². The number of H-pyrrole nitrogens is 1. The molecule has 12 nitrogen and oxygen atoms in total. The van der Waals surface area contributed by atoms with Gasteiger partial charge in [0.2, 0.25) is 6.29 Å². The zero-order valence-electron chi connectivity index (χ0n) is 23.6. The number of nitrogens with zero attached hydrogens (tertiary/aromatic N) is 3. The number of carbonyl (C=O) groups excluding carboxylic acids is 2. The molecule has 0 saturated heterocycles. The lowest BCUT2D eigenvalue weighted by Gasteiger charge is -2.22. The lowest BCUT2D eigenvalue weighted by Crippen LogP contribution is -2.27. The molecule has 12 heteroatoms. The number of hydrogen-bond donors (Lipinski definition) is 3. The van der Waals surface area contributed by atoms with E-state index in [-0.39, 0.29) is 30.1 Å². The minimum Gasteiger partial charge on any atom is -0.431 e. The standard InChI is InChI=1S/C31H32N6O6/c1-19(42-31(40)43-22-8-3-2-4-9-22)41-29(38)25-12-7-13-26-27(25)37(30(39)32-26)18-20-14-16-21(17-15-20)23-10-5-6-11-24(23)28-33-35-36-34-28/h5-7,10-17,19,22,28H,2-4,8-9,18H2,1H3,(H,32,39)(H,33,36)(H,34,35)/t19-/m1/s1. The molecule has 43 heavy (non-hydrogen) atoms. The Hall–Kier alpha value is -4.97. The number of hydrazine groups is 1. The number of rotatable bonds is 8. The van der Waals surface area contributed by atoms with Gasteiger partial charge >= 0.3 is 17.8 Å². The van der Waals surface area contributed by atoms with Crippen LogP contribution in [0.4, 0.5) is 4.79 Å². The Morgan fingerprint density at radius 2 is 1.77 bits per heavy atom. The van der Waals surface area contributed by atoms with Crippen LogP contribution in [0.2, 0.25) is 0 Å². The number of benzene rings is 3. The van der Waals surface area contributed by atoms with E-state index in [4.69, 9.17) is 14.2 Å². The molecule has 6 rings (SSSR count). The molecular weight excluding hydrogens is 552 g/mol. The van der Waals surface area contributed by atoms with Gasteiger partial charge in [0.15, 0.2) is 6.17 Å². The van der Waals surface area contributed by atoms with Crippen molar-refractivity contribution in [2.45, 2.75) is 64.1 Å². The van der Waals surface area contributed by atoms with Crippen molar-refractivity contribution in [1.82, 2.24) is 20.5 Å². The number of imidazole rings is 1. The van der Waals surface area contributed by atoms with Gasteiger partial charge in [-0.2, -0.15) is 5.43 Å². The molecule has 2 atom stereocenters. The zero-order chi connectivity index (χ0) is 29.8. The summed E-state index contributed by atoms with van der Waals surface area (Å²) in [6, 6.07) is 20.7. The minimum atomic E-state index is -1.18. The van der Waals surface area contributed by atoms with Crippen molar-refractivity contribution in [3.63, 3.8) is 0 Å². The molecule has 3 N–H and O–H groups in total. The number of carbonyl (C=O) groups is 2. The van der Waals surface area contributed by atoms with Crippen molar-refractivity contribution in [3.05, 3.63) is 93.9 Å². The summed E-state index contributed by atoms with van der Waals surface area (Å²) in [5.41, 5.74) is 10.2. The van der Waals surface area contributed by atoms with Gasteiger partial charge in [0.05, 0.1) is 23.1 Å². The maximum Gasteiger partial charge on any atom is 0.511 e. The summed E-state index contributed by atoms with van der Waals surface area (Å²) in [6.45, 7) is 1.67. The molecule has 1 fully saturated rings. The number of ether oxygens (including phenoxy) is 3. The average Bonchev–Trinajstić information content (AvgIpc) is 3.66. The zero-order valence-corrected chi connectivity index (χ0v) is 23.6. The van der Waals surface area contributed by atoms with Crippen molar-refractivity contribution < 1.29 is 23.8 Å². The molecule has 3 aromatic carbocycles. The molecule has 0 amide bonds. The second-order valence-electron chi connectivity index (χ2n) is 10.6. The lowest BCUT2D eigenvalue weighted by atomic mass is 9.97. The summed E-state index contributed by atoms with van der Waals surface area (Å²) in [5, 5.41) is 7.97. The van der Waals surface area contributed by atoms with Crippen LogP contribution in [0.25, 0.3) is 22.2 Å². The van der Waals surface area contributed by atoms with E-state index in [1.54, 1.807) is 18.2 Å². The van der Waals surface area contributed by atoms with E-state index < -0.39 is 18.4 Å². The summed E-state index contributed by atoms with van der Waals surface area (Å²) < 4.78 is 17.5. The fourth-order valence-electron chi connectivity index (χ4n) is 5.57. The Morgan fingerprint density at radius 1 is 0.977 bits per heavy atom. The third-order valence-electron chi connectivity index (χ3n) is 7.65. The summed E-state index contributed by atoms with van der Waals surface area (Å²) in [6.07, 6.45) is 2.23. The Balaban J connectivity index is 1.18. The number of esters is 1. The third-order valence-corrected chi connectivity index (χ3v) is 7.65. The van der Waals surface area contributed by atoms with Crippen LogP contribution in [0, 0.1) is 0 Å². The van der Waals surface area contributed by atoms with E-state index in [1.165, 1.54) is 11.5 Å². The van der Waals surface area contributed by atoms with Gasteiger partial charge in [-0.05, 0) is 54.5 Å². The van der Waals surface area contributed by atoms with E-state index >= 15 is 0 Å². The summed E-state index contributed by atoms with van der Waals surface area (Å²) in [7, 11) is 0. The quantitative estimate of drug-likeness (QED) is 0.181. The van der Waals surface area contributed by atoms with Gasteiger partial charge in [-0.3, -0.25) is 4.57 Å². The minimum absolute atomic E-state index is 0.171. The maximum absolute atomic E-state index is 13.2.